The van der Waals surface area contributed by atoms with Gasteiger partial charge in [-0.05, 0) is 32.6 Å². The van der Waals surface area contributed by atoms with Gasteiger partial charge in [-0.3, -0.25) is 4.79 Å². The Morgan fingerprint density at radius 2 is 2.00 bits per heavy atom. The van der Waals surface area contributed by atoms with E-state index in [1.165, 1.54) is 0 Å². The van der Waals surface area contributed by atoms with Gasteiger partial charge in [0.2, 0.25) is 5.91 Å². The highest BCUT2D eigenvalue weighted by molar-refractivity contribution is 5.84. The number of nitrogens with zero attached hydrogens (tertiary/aromatic N) is 2. The van der Waals surface area contributed by atoms with Crippen molar-refractivity contribution in [1.82, 2.24) is 15.3 Å². The van der Waals surface area contributed by atoms with Crippen molar-refractivity contribution in [2.24, 2.45) is 5.92 Å². The third-order valence-corrected chi connectivity index (χ3v) is 3.57. The molecule has 0 aliphatic heterocycles. The second-order valence-electron chi connectivity index (χ2n) is 6.22. The van der Waals surface area contributed by atoms with E-state index in [0.717, 1.165) is 24.2 Å². The van der Waals surface area contributed by atoms with Crippen LogP contribution < -0.4 is 16.4 Å². The smallest absolute Gasteiger partial charge is 0.242 e. The molecule has 1 atom stereocenters. The first-order valence-electron chi connectivity index (χ1n) is 7.56. The molecule has 1 amide bonds. The van der Waals surface area contributed by atoms with E-state index >= 15 is 0 Å². The topological polar surface area (TPSA) is 92.9 Å². The number of amides is 1. The number of aromatic nitrogens is 2. The van der Waals surface area contributed by atoms with E-state index in [1.807, 2.05) is 13.8 Å². The molecule has 1 fully saturated rings. The van der Waals surface area contributed by atoms with Crippen LogP contribution in [0.1, 0.15) is 50.9 Å². The van der Waals surface area contributed by atoms with Crippen molar-refractivity contribution in [1.29, 1.82) is 0 Å². The number of carbonyl (C=O) groups is 1. The molecule has 0 bridgehead atoms. The van der Waals surface area contributed by atoms with Crippen LogP contribution in [-0.4, -0.2) is 28.5 Å². The van der Waals surface area contributed by atoms with Gasteiger partial charge in [-0.1, -0.05) is 13.8 Å². The maximum atomic E-state index is 12.0. The Labute approximate surface area is 125 Å². The first-order valence-corrected chi connectivity index (χ1v) is 7.56. The van der Waals surface area contributed by atoms with Crippen LogP contribution in [0, 0.1) is 12.8 Å². The highest BCUT2D eigenvalue weighted by Gasteiger charge is 2.28. The van der Waals surface area contributed by atoms with Crippen LogP contribution in [-0.2, 0) is 4.79 Å². The molecule has 0 saturated heterocycles. The summed E-state index contributed by atoms with van der Waals surface area (Å²) in [4.78, 5) is 20.9. The van der Waals surface area contributed by atoms with Crippen molar-refractivity contribution >= 4 is 17.5 Å². The fraction of sp³-hybridized carbons (Fsp3) is 0.667. The molecule has 0 spiro atoms. The largest absolute Gasteiger partial charge is 0.383 e. The van der Waals surface area contributed by atoms with Gasteiger partial charge in [-0.15, -0.1) is 0 Å². The zero-order chi connectivity index (χ0) is 15.6. The maximum absolute atomic E-state index is 12.0. The second kappa shape index (κ2) is 6.28. The van der Waals surface area contributed by atoms with Crippen molar-refractivity contribution in [3.05, 3.63) is 11.4 Å². The zero-order valence-electron chi connectivity index (χ0n) is 13.2. The predicted molar refractivity (Wildman–Crippen MR) is 84.1 cm³/mol. The van der Waals surface area contributed by atoms with Gasteiger partial charge < -0.3 is 16.4 Å². The standard InChI is InChI=1S/C15H25N5O/c1-8(2)7-17-15(21)10(4)18-13-9(3)12(16)19-14(20-13)11-5-6-11/h8,10-11H,5-7H2,1-4H3,(H,17,21)(H3,16,18,19,20). The molecule has 1 aromatic heterocycles. The van der Waals surface area contributed by atoms with Crippen molar-refractivity contribution in [2.45, 2.75) is 52.5 Å². The SMILES string of the molecule is Cc1c(N)nc(C2CC2)nc1NC(C)C(=O)NCC(C)C. The molecule has 6 nitrogen and oxygen atoms in total. The van der Waals surface area contributed by atoms with Crippen molar-refractivity contribution in [3.8, 4) is 0 Å². The molecule has 21 heavy (non-hydrogen) atoms. The number of hydrogen-bond acceptors (Lipinski definition) is 5. The summed E-state index contributed by atoms with van der Waals surface area (Å²) < 4.78 is 0. The zero-order valence-corrected chi connectivity index (χ0v) is 13.2. The number of nitrogens with two attached hydrogens (primary N) is 1. The summed E-state index contributed by atoms with van der Waals surface area (Å²) in [5.41, 5.74) is 6.74. The Balaban J connectivity index is 2.05. The summed E-state index contributed by atoms with van der Waals surface area (Å²) in [6.07, 6.45) is 2.23. The van der Waals surface area contributed by atoms with Crippen LogP contribution in [0.15, 0.2) is 0 Å². The van der Waals surface area contributed by atoms with E-state index in [2.05, 4.69) is 34.4 Å². The Morgan fingerprint density at radius 1 is 1.33 bits per heavy atom. The monoisotopic (exact) mass is 291 g/mol. The first-order chi connectivity index (χ1) is 9.88. The van der Waals surface area contributed by atoms with Gasteiger partial charge in [0.1, 0.15) is 23.5 Å². The summed E-state index contributed by atoms with van der Waals surface area (Å²) in [7, 11) is 0. The number of hydrogen-bond donors (Lipinski definition) is 3. The first kappa shape index (κ1) is 15.5. The van der Waals surface area contributed by atoms with Crippen LogP contribution in [0.2, 0.25) is 0 Å². The predicted octanol–water partition coefficient (Wildman–Crippen LogP) is 1.82. The van der Waals surface area contributed by atoms with Crippen LogP contribution in [0.3, 0.4) is 0 Å². The second-order valence-corrected chi connectivity index (χ2v) is 6.22. The van der Waals surface area contributed by atoms with Gasteiger partial charge in [0.15, 0.2) is 0 Å². The molecule has 1 saturated carbocycles. The molecule has 116 valence electrons. The van der Waals surface area contributed by atoms with Crippen LogP contribution >= 0.6 is 0 Å². The number of anilines is 2. The number of nitrogen functional groups attached to an aromatic ring is 1. The molecule has 1 heterocycles. The molecule has 1 unspecified atom stereocenters. The van der Waals surface area contributed by atoms with Crippen molar-refractivity contribution < 1.29 is 4.79 Å². The minimum Gasteiger partial charge on any atom is -0.383 e. The summed E-state index contributed by atoms with van der Waals surface area (Å²) in [5, 5.41) is 6.06. The number of carbonyl (C=O) groups excluding carboxylic acids is 1. The molecule has 1 aromatic rings. The molecule has 1 aliphatic carbocycles. The van der Waals surface area contributed by atoms with Crippen molar-refractivity contribution in [2.75, 3.05) is 17.6 Å². The lowest BCUT2D eigenvalue weighted by atomic mass is 10.2. The Bertz CT molecular complexity index is 525. The fourth-order valence-corrected chi connectivity index (χ4v) is 1.95. The molecule has 0 aromatic carbocycles. The Hall–Kier alpha value is -1.85. The minimum atomic E-state index is -0.358. The van der Waals surface area contributed by atoms with E-state index in [9.17, 15) is 4.79 Å². The average molecular weight is 291 g/mol. The highest BCUT2D eigenvalue weighted by atomic mass is 16.2. The Kier molecular flexibility index (Phi) is 4.65. The molecule has 6 heteroatoms. The molecular formula is C15H25N5O. The molecule has 0 radical (unpaired) electrons. The van der Waals surface area contributed by atoms with Crippen LogP contribution in [0.4, 0.5) is 11.6 Å². The molecule has 1 aliphatic rings. The van der Waals surface area contributed by atoms with E-state index in [4.69, 9.17) is 5.73 Å². The number of rotatable bonds is 6. The lowest BCUT2D eigenvalue weighted by Crippen LogP contribution is -2.39. The van der Waals surface area contributed by atoms with Crippen molar-refractivity contribution in [3.63, 3.8) is 0 Å². The van der Waals surface area contributed by atoms with Gasteiger partial charge in [0.05, 0.1) is 0 Å². The number of nitrogens with one attached hydrogen (secondary N) is 2. The van der Waals surface area contributed by atoms with Gasteiger partial charge in [0.25, 0.3) is 0 Å². The minimum absolute atomic E-state index is 0.0340. The van der Waals surface area contributed by atoms with E-state index < -0.39 is 0 Å². The summed E-state index contributed by atoms with van der Waals surface area (Å²) in [6.45, 7) is 8.49. The quantitative estimate of drug-likeness (QED) is 0.743. The molecular weight excluding hydrogens is 266 g/mol. The third kappa shape index (κ3) is 4.06. The van der Waals surface area contributed by atoms with Gasteiger partial charge in [0, 0.05) is 18.0 Å². The average Bonchev–Trinajstić information content (AvgIpc) is 3.25. The van der Waals surface area contributed by atoms with Gasteiger partial charge in [-0.2, -0.15) is 0 Å². The van der Waals surface area contributed by atoms with Crippen LogP contribution in [0.25, 0.3) is 0 Å². The maximum Gasteiger partial charge on any atom is 0.242 e. The normalized spacial score (nSPS) is 15.9. The third-order valence-electron chi connectivity index (χ3n) is 3.57. The molecule has 2 rings (SSSR count). The lowest BCUT2D eigenvalue weighted by molar-refractivity contribution is -0.121. The van der Waals surface area contributed by atoms with E-state index in [-0.39, 0.29) is 11.9 Å². The van der Waals surface area contributed by atoms with E-state index in [1.54, 1.807) is 0 Å². The van der Waals surface area contributed by atoms with Gasteiger partial charge >= 0.3 is 0 Å². The highest BCUT2D eigenvalue weighted by Crippen LogP contribution is 2.39. The van der Waals surface area contributed by atoms with Gasteiger partial charge in [-0.25, -0.2) is 9.97 Å². The molecule has 4 N–H and O–H groups in total. The Morgan fingerprint density at radius 3 is 2.57 bits per heavy atom. The summed E-state index contributed by atoms with van der Waals surface area (Å²) >= 11 is 0. The van der Waals surface area contributed by atoms with Crippen LogP contribution in [0.5, 0.6) is 0 Å². The fourth-order valence-electron chi connectivity index (χ4n) is 1.95. The van der Waals surface area contributed by atoms with E-state index in [0.29, 0.717) is 30.0 Å². The lowest BCUT2D eigenvalue weighted by Gasteiger charge is -2.18. The summed E-state index contributed by atoms with van der Waals surface area (Å²) in [6, 6.07) is -0.358. The summed E-state index contributed by atoms with van der Waals surface area (Å²) in [5.74, 6) is 2.77.